The third-order valence-corrected chi connectivity index (χ3v) is 10.7. The van der Waals surface area contributed by atoms with Crippen molar-refractivity contribution in [1.82, 2.24) is 5.32 Å². The molecule has 0 aliphatic carbocycles. The summed E-state index contributed by atoms with van der Waals surface area (Å²) in [7, 11) is 0. The van der Waals surface area contributed by atoms with Crippen molar-refractivity contribution >= 4 is 11.9 Å². The monoisotopic (exact) mass is 762 g/mol. The standard InChI is InChI=1S/C48H91NO5/c1-3-5-7-9-11-13-14-15-16-17-18-19-20-21-26-30-34-38-42-48(53)54-43-39-35-31-27-23-22-25-29-33-37-41-47(52)49-45(44-50)46(51)40-36-32-28-24-12-10-8-6-4-2/h16-17,36,40,45-46,50-51H,3-15,18-35,37-39,41-44H2,1-2H3,(H,49,52)/b17-16-,40-36+. The fourth-order valence-corrected chi connectivity index (χ4v) is 7.04. The SMILES string of the molecule is CCCCCCCCC/C=C\CCCCCCCCCC(=O)OCCCCCCCCCCCCC(=O)NC(CO)C(O)/C=C/CCCCCCCCC. The Kier molecular flexibility index (Phi) is 42.7. The minimum atomic E-state index is -0.856. The van der Waals surface area contributed by atoms with Crippen molar-refractivity contribution in [3.8, 4) is 0 Å². The summed E-state index contributed by atoms with van der Waals surface area (Å²) in [4.78, 5) is 24.4. The van der Waals surface area contributed by atoms with Gasteiger partial charge in [0.05, 0.1) is 25.4 Å². The Morgan fingerprint density at radius 3 is 1.31 bits per heavy atom. The van der Waals surface area contributed by atoms with Gasteiger partial charge in [0.15, 0.2) is 0 Å². The van der Waals surface area contributed by atoms with Crippen LogP contribution in [-0.4, -0.2) is 47.4 Å². The van der Waals surface area contributed by atoms with Crippen LogP contribution in [-0.2, 0) is 14.3 Å². The molecule has 0 bridgehead atoms. The van der Waals surface area contributed by atoms with E-state index in [1.54, 1.807) is 6.08 Å². The molecule has 0 heterocycles. The van der Waals surface area contributed by atoms with E-state index in [2.05, 4.69) is 31.3 Å². The molecule has 0 aromatic carbocycles. The van der Waals surface area contributed by atoms with Crippen molar-refractivity contribution in [2.45, 2.75) is 257 Å². The topological polar surface area (TPSA) is 95.9 Å². The number of ether oxygens (including phenoxy) is 1. The summed E-state index contributed by atoms with van der Waals surface area (Å²) in [5, 5.41) is 22.8. The van der Waals surface area contributed by atoms with Gasteiger partial charge in [-0.05, 0) is 57.8 Å². The fraction of sp³-hybridized carbons (Fsp3) is 0.875. The van der Waals surface area contributed by atoms with Crippen molar-refractivity contribution < 1.29 is 24.5 Å². The summed E-state index contributed by atoms with van der Waals surface area (Å²) >= 11 is 0. The highest BCUT2D eigenvalue weighted by Crippen LogP contribution is 2.14. The largest absolute Gasteiger partial charge is 0.466 e. The van der Waals surface area contributed by atoms with E-state index in [4.69, 9.17) is 4.74 Å². The molecule has 2 atom stereocenters. The number of hydrogen-bond acceptors (Lipinski definition) is 5. The van der Waals surface area contributed by atoms with Crippen LogP contribution in [0.1, 0.15) is 245 Å². The molecule has 1 amide bonds. The molecule has 0 aromatic heterocycles. The number of nitrogens with one attached hydrogen (secondary N) is 1. The van der Waals surface area contributed by atoms with Crippen LogP contribution in [0.3, 0.4) is 0 Å². The van der Waals surface area contributed by atoms with E-state index in [9.17, 15) is 19.8 Å². The number of esters is 1. The minimum absolute atomic E-state index is 0.0249. The first-order valence-electron chi connectivity index (χ1n) is 23.6. The summed E-state index contributed by atoms with van der Waals surface area (Å²) in [5.41, 5.74) is 0. The second-order valence-electron chi connectivity index (χ2n) is 16.1. The van der Waals surface area contributed by atoms with E-state index in [1.165, 1.54) is 161 Å². The predicted molar refractivity (Wildman–Crippen MR) is 232 cm³/mol. The molecule has 0 saturated carbocycles. The Labute approximate surface area is 335 Å². The van der Waals surface area contributed by atoms with Gasteiger partial charge in [-0.1, -0.05) is 199 Å². The smallest absolute Gasteiger partial charge is 0.305 e. The molecule has 0 saturated heterocycles. The van der Waals surface area contributed by atoms with Crippen molar-refractivity contribution in [1.29, 1.82) is 0 Å². The number of carbonyl (C=O) groups excluding carboxylic acids is 2. The van der Waals surface area contributed by atoms with Crippen LogP contribution in [0.2, 0.25) is 0 Å². The average molecular weight is 762 g/mol. The van der Waals surface area contributed by atoms with E-state index in [1.807, 2.05) is 6.08 Å². The maximum absolute atomic E-state index is 12.3. The predicted octanol–water partition coefficient (Wildman–Crippen LogP) is 13.6. The molecule has 6 heteroatoms. The number of amides is 1. The molecule has 0 aliphatic heterocycles. The number of hydrogen-bond donors (Lipinski definition) is 3. The number of unbranched alkanes of at least 4 members (excludes halogenated alkanes) is 30. The van der Waals surface area contributed by atoms with Gasteiger partial charge in [-0.15, -0.1) is 0 Å². The number of allylic oxidation sites excluding steroid dienone is 3. The second kappa shape index (κ2) is 44.1. The first-order chi connectivity index (χ1) is 26.5. The summed E-state index contributed by atoms with van der Waals surface area (Å²) in [6.45, 7) is 4.81. The summed E-state index contributed by atoms with van der Waals surface area (Å²) in [5.74, 6) is -0.119. The minimum Gasteiger partial charge on any atom is -0.466 e. The van der Waals surface area contributed by atoms with Gasteiger partial charge < -0.3 is 20.3 Å². The average Bonchev–Trinajstić information content (AvgIpc) is 3.17. The molecule has 2 unspecified atom stereocenters. The van der Waals surface area contributed by atoms with Gasteiger partial charge in [0.2, 0.25) is 5.91 Å². The first kappa shape index (κ1) is 52.3. The lowest BCUT2D eigenvalue weighted by atomic mass is 10.1. The van der Waals surface area contributed by atoms with Crippen LogP contribution in [0, 0.1) is 0 Å². The summed E-state index contributed by atoms with van der Waals surface area (Å²) in [6.07, 6.45) is 50.3. The maximum Gasteiger partial charge on any atom is 0.305 e. The molecule has 0 fully saturated rings. The Bertz CT molecular complexity index is 843. The van der Waals surface area contributed by atoms with Crippen molar-refractivity contribution in [2.24, 2.45) is 0 Å². The van der Waals surface area contributed by atoms with Gasteiger partial charge in [0, 0.05) is 12.8 Å². The highest BCUT2D eigenvalue weighted by molar-refractivity contribution is 5.76. The van der Waals surface area contributed by atoms with E-state index in [0.717, 1.165) is 57.8 Å². The van der Waals surface area contributed by atoms with Crippen LogP contribution < -0.4 is 5.32 Å². The molecular formula is C48H91NO5. The molecule has 6 nitrogen and oxygen atoms in total. The van der Waals surface area contributed by atoms with Gasteiger partial charge in [-0.3, -0.25) is 9.59 Å². The van der Waals surface area contributed by atoms with Crippen molar-refractivity contribution in [2.75, 3.05) is 13.2 Å². The van der Waals surface area contributed by atoms with Crippen LogP contribution in [0.5, 0.6) is 0 Å². The number of aliphatic hydroxyl groups excluding tert-OH is 2. The van der Waals surface area contributed by atoms with Crippen LogP contribution in [0.4, 0.5) is 0 Å². The zero-order valence-electron chi connectivity index (χ0n) is 36.0. The summed E-state index contributed by atoms with van der Waals surface area (Å²) in [6, 6.07) is -0.642. The molecule has 0 rings (SSSR count). The van der Waals surface area contributed by atoms with Crippen molar-refractivity contribution in [3.63, 3.8) is 0 Å². The van der Waals surface area contributed by atoms with Crippen LogP contribution in [0.15, 0.2) is 24.3 Å². The third-order valence-electron chi connectivity index (χ3n) is 10.7. The quantitative estimate of drug-likeness (QED) is 0.0327. The molecule has 0 radical (unpaired) electrons. The van der Waals surface area contributed by atoms with Crippen LogP contribution in [0.25, 0.3) is 0 Å². The Hall–Kier alpha value is -1.66. The van der Waals surface area contributed by atoms with E-state index < -0.39 is 12.1 Å². The van der Waals surface area contributed by atoms with E-state index in [-0.39, 0.29) is 18.5 Å². The number of rotatable bonds is 43. The highest BCUT2D eigenvalue weighted by atomic mass is 16.5. The van der Waals surface area contributed by atoms with Crippen molar-refractivity contribution in [3.05, 3.63) is 24.3 Å². The molecule has 54 heavy (non-hydrogen) atoms. The fourth-order valence-electron chi connectivity index (χ4n) is 7.04. The second-order valence-corrected chi connectivity index (χ2v) is 16.1. The molecule has 0 aliphatic rings. The van der Waals surface area contributed by atoms with Gasteiger partial charge in [-0.2, -0.15) is 0 Å². The zero-order valence-corrected chi connectivity index (χ0v) is 36.0. The molecule has 0 spiro atoms. The lowest BCUT2D eigenvalue weighted by molar-refractivity contribution is -0.143. The normalized spacial score (nSPS) is 12.9. The third kappa shape index (κ3) is 40.0. The highest BCUT2D eigenvalue weighted by Gasteiger charge is 2.18. The van der Waals surface area contributed by atoms with E-state index in [0.29, 0.717) is 19.4 Å². The van der Waals surface area contributed by atoms with Gasteiger partial charge in [0.1, 0.15) is 0 Å². The molecule has 0 aromatic rings. The lowest BCUT2D eigenvalue weighted by Gasteiger charge is -2.20. The lowest BCUT2D eigenvalue weighted by Crippen LogP contribution is -2.45. The van der Waals surface area contributed by atoms with E-state index >= 15 is 0 Å². The van der Waals surface area contributed by atoms with Gasteiger partial charge >= 0.3 is 5.97 Å². The van der Waals surface area contributed by atoms with Gasteiger partial charge in [0.25, 0.3) is 0 Å². The summed E-state index contributed by atoms with van der Waals surface area (Å²) < 4.78 is 5.45. The Balaban J connectivity index is 3.47. The number of aliphatic hydroxyl groups is 2. The first-order valence-corrected chi connectivity index (χ1v) is 23.6. The maximum atomic E-state index is 12.3. The molecule has 3 N–H and O–H groups in total. The molecule has 318 valence electrons. The van der Waals surface area contributed by atoms with Gasteiger partial charge in [-0.25, -0.2) is 0 Å². The molecular weight excluding hydrogens is 671 g/mol. The Morgan fingerprint density at radius 1 is 0.500 bits per heavy atom. The zero-order chi connectivity index (χ0) is 39.4. The Morgan fingerprint density at radius 2 is 0.870 bits per heavy atom. The number of carbonyl (C=O) groups is 2. The van der Waals surface area contributed by atoms with Crippen LogP contribution >= 0.6 is 0 Å².